The molecule has 0 saturated heterocycles. The highest BCUT2D eigenvalue weighted by molar-refractivity contribution is 7.12. The maximum absolute atomic E-state index is 12.2. The number of nitrogens with one attached hydrogen (secondary N) is 1. The molecule has 110 valence electrons. The van der Waals surface area contributed by atoms with E-state index in [1.807, 2.05) is 41.8 Å². The van der Waals surface area contributed by atoms with Crippen LogP contribution in [0, 0.1) is 0 Å². The Kier molecular flexibility index (Phi) is 5.08. The van der Waals surface area contributed by atoms with Crippen LogP contribution in [0.25, 0.3) is 11.1 Å². The largest absolute Gasteiger partial charge is 0.479 e. The highest BCUT2D eigenvalue weighted by atomic mass is 32.1. The fourth-order valence-electron chi connectivity index (χ4n) is 1.87. The average molecular weight is 305 g/mol. The molecular formula is C15H15NO4S. The number of carbonyl (C=O) groups excluding carboxylic acids is 1. The van der Waals surface area contributed by atoms with E-state index in [0.29, 0.717) is 4.88 Å². The molecule has 5 nitrogen and oxygen atoms in total. The number of hydrogen-bond acceptors (Lipinski definition) is 4. The summed E-state index contributed by atoms with van der Waals surface area (Å²) in [7, 11) is 1.30. The van der Waals surface area contributed by atoms with Gasteiger partial charge in [-0.05, 0) is 17.0 Å². The zero-order valence-corrected chi connectivity index (χ0v) is 12.2. The molecule has 0 bridgehead atoms. The number of rotatable bonds is 6. The van der Waals surface area contributed by atoms with E-state index >= 15 is 0 Å². The van der Waals surface area contributed by atoms with Gasteiger partial charge in [0.1, 0.15) is 0 Å². The Morgan fingerprint density at radius 3 is 2.62 bits per heavy atom. The normalized spacial score (nSPS) is 11.9. The minimum Gasteiger partial charge on any atom is -0.479 e. The zero-order valence-electron chi connectivity index (χ0n) is 11.4. The first-order valence-corrected chi connectivity index (χ1v) is 7.18. The monoisotopic (exact) mass is 305 g/mol. The first kappa shape index (κ1) is 15.2. The highest BCUT2D eigenvalue weighted by Gasteiger charge is 2.19. The molecule has 0 spiro atoms. The van der Waals surface area contributed by atoms with Gasteiger partial charge in [-0.1, -0.05) is 30.3 Å². The van der Waals surface area contributed by atoms with Crippen LogP contribution in [0.2, 0.25) is 0 Å². The van der Waals surface area contributed by atoms with Gasteiger partial charge in [-0.3, -0.25) is 4.79 Å². The fourth-order valence-corrected chi connectivity index (χ4v) is 2.70. The number of amides is 1. The molecule has 0 aliphatic rings. The third kappa shape index (κ3) is 3.68. The first-order chi connectivity index (χ1) is 10.1. The highest BCUT2D eigenvalue weighted by Crippen LogP contribution is 2.27. The summed E-state index contributed by atoms with van der Waals surface area (Å²) in [5.74, 6) is -1.40. The van der Waals surface area contributed by atoms with Crippen molar-refractivity contribution in [1.82, 2.24) is 5.32 Å². The molecule has 0 aliphatic carbocycles. The summed E-state index contributed by atoms with van der Waals surface area (Å²) < 4.78 is 4.78. The fraction of sp³-hybridized carbons (Fsp3) is 0.200. The van der Waals surface area contributed by atoms with E-state index in [4.69, 9.17) is 9.84 Å². The number of benzene rings is 1. The van der Waals surface area contributed by atoms with Crippen molar-refractivity contribution < 1.29 is 19.4 Å². The number of carbonyl (C=O) groups is 2. The molecule has 0 radical (unpaired) electrons. The number of carboxylic acid groups (broad SMARTS) is 1. The molecule has 2 rings (SSSR count). The first-order valence-electron chi connectivity index (χ1n) is 6.30. The lowest BCUT2D eigenvalue weighted by Crippen LogP contribution is -2.37. The predicted molar refractivity (Wildman–Crippen MR) is 80.5 cm³/mol. The van der Waals surface area contributed by atoms with Crippen LogP contribution in [0.15, 0.2) is 41.8 Å². The third-order valence-electron chi connectivity index (χ3n) is 2.96. The van der Waals surface area contributed by atoms with Gasteiger partial charge in [-0.2, -0.15) is 0 Å². The van der Waals surface area contributed by atoms with Gasteiger partial charge in [0.05, 0.1) is 11.4 Å². The van der Waals surface area contributed by atoms with Gasteiger partial charge in [-0.15, -0.1) is 11.3 Å². The standard InChI is InChI=1S/C15H15NO4S/c1-20-12(15(18)19)9-16-14(17)13-11(7-8-21-13)10-5-3-2-4-6-10/h2-8,12H,9H2,1H3,(H,16,17)(H,18,19). The summed E-state index contributed by atoms with van der Waals surface area (Å²) in [4.78, 5) is 23.6. The van der Waals surface area contributed by atoms with E-state index in [9.17, 15) is 9.59 Å². The minimum atomic E-state index is -1.10. The lowest BCUT2D eigenvalue weighted by molar-refractivity contribution is -0.147. The van der Waals surface area contributed by atoms with Gasteiger partial charge in [0, 0.05) is 12.7 Å². The van der Waals surface area contributed by atoms with Crippen LogP contribution in [0.5, 0.6) is 0 Å². The summed E-state index contributed by atoms with van der Waals surface area (Å²) in [6, 6.07) is 11.4. The number of thiophene rings is 1. The lowest BCUT2D eigenvalue weighted by Gasteiger charge is -2.11. The van der Waals surface area contributed by atoms with Crippen LogP contribution in [0.1, 0.15) is 9.67 Å². The van der Waals surface area contributed by atoms with E-state index in [0.717, 1.165) is 11.1 Å². The topological polar surface area (TPSA) is 75.6 Å². The van der Waals surface area contributed by atoms with Crippen LogP contribution >= 0.6 is 11.3 Å². The Hall–Kier alpha value is -2.18. The summed E-state index contributed by atoms with van der Waals surface area (Å²) in [5, 5.41) is 13.3. The molecule has 6 heteroatoms. The molecular weight excluding hydrogens is 290 g/mol. The summed E-state index contributed by atoms with van der Waals surface area (Å²) >= 11 is 1.32. The molecule has 0 saturated carbocycles. The van der Waals surface area contributed by atoms with Crippen LogP contribution in [0.3, 0.4) is 0 Å². The second kappa shape index (κ2) is 7.01. The van der Waals surface area contributed by atoms with Crippen molar-refractivity contribution in [3.63, 3.8) is 0 Å². The zero-order chi connectivity index (χ0) is 15.2. The van der Waals surface area contributed by atoms with Crippen molar-refractivity contribution in [1.29, 1.82) is 0 Å². The molecule has 0 fully saturated rings. The summed E-state index contributed by atoms with van der Waals surface area (Å²) in [5.41, 5.74) is 1.79. The van der Waals surface area contributed by atoms with E-state index in [1.54, 1.807) is 0 Å². The Labute approximate surface area is 126 Å². The predicted octanol–water partition coefficient (Wildman–Crippen LogP) is 2.24. The van der Waals surface area contributed by atoms with Crippen LogP contribution < -0.4 is 5.32 Å². The van der Waals surface area contributed by atoms with Crippen molar-refractivity contribution >= 4 is 23.2 Å². The Morgan fingerprint density at radius 2 is 2.00 bits per heavy atom. The molecule has 1 heterocycles. The van der Waals surface area contributed by atoms with Crippen LogP contribution in [0.4, 0.5) is 0 Å². The number of hydrogen-bond donors (Lipinski definition) is 2. The minimum absolute atomic E-state index is 0.0726. The van der Waals surface area contributed by atoms with Gasteiger partial charge in [0.25, 0.3) is 5.91 Å². The van der Waals surface area contributed by atoms with Crippen molar-refractivity contribution in [2.45, 2.75) is 6.10 Å². The van der Waals surface area contributed by atoms with E-state index in [-0.39, 0.29) is 12.5 Å². The van der Waals surface area contributed by atoms with Crippen LogP contribution in [-0.2, 0) is 9.53 Å². The Morgan fingerprint density at radius 1 is 1.29 bits per heavy atom. The van der Waals surface area contributed by atoms with E-state index in [1.165, 1.54) is 18.4 Å². The van der Waals surface area contributed by atoms with E-state index in [2.05, 4.69) is 5.32 Å². The van der Waals surface area contributed by atoms with Gasteiger partial charge in [-0.25, -0.2) is 4.79 Å². The number of aliphatic carboxylic acids is 1. The Bertz CT molecular complexity index is 624. The second-order valence-electron chi connectivity index (χ2n) is 4.30. The van der Waals surface area contributed by atoms with E-state index < -0.39 is 12.1 Å². The number of carboxylic acids is 1. The molecule has 2 N–H and O–H groups in total. The van der Waals surface area contributed by atoms with Gasteiger partial charge >= 0.3 is 5.97 Å². The maximum Gasteiger partial charge on any atom is 0.334 e. The van der Waals surface area contributed by atoms with Crippen molar-refractivity contribution in [2.24, 2.45) is 0 Å². The summed E-state index contributed by atoms with van der Waals surface area (Å²) in [6.45, 7) is -0.0726. The number of methoxy groups -OCH3 is 1. The van der Waals surface area contributed by atoms with Gasteiger partial charge in [0.2, 0.25) is 0 Å². The average Bonchev–Trinajstić information content (AvgIpc) is 2.97. The third-order valence-corrected chi connectivity index (χ3v) is 3.88. The SMILES string of the molecule is COC(CNC(=O)c1sccc1-c1ccccc1)C(=O)O. The van der Waals surface area contributed by atoms with Crippen molar-refractivity contribution in [2.75, 3.05) is 13.7 Å². The maximum atomic E-state index is 12.2. The van der Waals surface area contributed by atoms with Gasteiger partial charge < -0.3 is 15.2 Å². The molecule has 1 aromatic carbocycles. The van der Waals surface area contributed by atoms with Crippen molar-refractivity contribution in [3.05, 3.63) is 46.7 Å². The van der Waals surface area contributed by atoms with Crippen LogP contribution in [-0.4, -0.2) is 36.7 Å². The summed E-state index contributed by atoms with van der Waals surface area (Å²) in [6.07, 6.45) is -1.05. The molecule has 0 aliphatic heterocycles. The lowest BCUT2D eigenvalue weighted by atomic mass is 10.1. The van der Waals surface area contributed by atoms with Gasteiger partial charge in [0.15, 0.2) is 6.10 Å². The quantitative estimate of drug-likeness (QED) is 0.858. The molecule has 1 aromatic heterocycles. The van der Waals surface area contributed by atoms with Crippen molar-refractivity contribution in [3.8, 4) is 11.1 Å². The molecule has 1 atom stereocenters. The Balaban J connectivity index is 2.11. The second-order valence-corrected chi connectivity index (χ2v) is 5.22. The molecule has 21 heavy (non-hydrogen) atoms. The molecule has 1 amide bonds. The molecule has 2 aromatic rings. The smallest absolute Gasteiger partial charge is 0.334 e. The molecule has 1 unspecified atom stereocenters. The number of ether oxygens (including phenoxy) is 1.